The Morgan fingerprint density at radius 3 is 2.13 bits per heavy atom. The molecule has 0 unspecified atom stereocenters. The summed E-state index contributed by atoms with van der Waals surface area (Å²) in [6, 6.07) is 20.8. The predicted molar refractivity (Wildman–Crippen MR) is 116 cm³/mol. The Balaban J connectivity index is 1.25. The summed E-state index contributed by atoms with van der Waals surface area (Å²) in [5.74, 6) is 0.966. The highest BCUT2D eigenvalue weighted by Crippen LogP contribution is 2.23. The molecule has 31 heavy (non-hydrogen) atoms. The minimum Gasteiger partial charge on any atom is -0.457 e. The van der Waals surface area contributed by atoms with Crippen LogP contribution in [0.15, 0.2) is 72.8 Å². The van der Waals surface area contributed by atoms with E-state index < -0.39 is 0 Å². The van der Waals surface area contributed by atoms with E-state index in [0.29, 0.717) is 24.5 Å². The molecule has 0 bridgehead atoms. The molecule has 0 atom stereocenters. The second-order valence-electron chi connectivity index (χ2n) is 7.47. The minimum atomic E-state index is -0.309. The Labute approximate surface area is 180 Å². The Morgan fingerprint density at radius 2 is 1.52 bits per heavy atom. The van der Waals surface area contributed by atoms with Crippen molar-refractivity contribution in [2.45, 2.75) is 25.8 Å². The van der Waals surface area contributed by atoms with Crippen LogP contribution in [0.5, 0.6) is 11.5 Å². The van der Waals surface area contributed by atoms with Crippen LogP contribution in [-0.4, -0.2) is 18.4 Å². The number of benzene rings is 3. The highest BCUT2D eigenvalue weighted by molar-refractivity contribution is 5.95. The van der Waals surface area contributed by atoms with E-state index >= 15 is 0 Å². The van der Waals surface area contributed by atoms with Gasteiger partial charge in [0, 0.05) is 25.2 Å². The van der Waals surface area contributed by atoms with E-state index in [1.165, 1.54) is 12.1 Å². The van der Waals surface area contributed by atoms with Gasteiger partial charge in [-0.3, -0.25) is 9.59 Å². The third-order valence-electron chi connectivity index (χ3n) is 5.15. The van der Waals surface area contributed by atoms with Crippen molar-refractivity contribution >= 4 is 17.5 Å². The molecule has 3 aromatic carbocycles. The van der Waals surface area contributed by atoms with Gasteiger partial charge >= 0.3 is 0 Å². The Kier molecular flexibility index (Phi) is 6.26. The first-order chi connectivity index (χ1) is 15.1. The first-order valence-electron chi connectivity index (χ1n) is 10.3. The first-order valence-corrected chi connectivity index (χ1v) is 10.3. The number of carbonyl (C=O) groups is 2. The molecule has 6 heteroatoms. The topological polar surface area (TPSA) is 58.6 Å². The lowest BCUT2D eigenvalue weighted by Crippen LogP contribution is -2.25. The summed E-state index contributed by atoms with van der Waals surface area (Å²) in [5, 5.41) is 2.91. The number of halogens is 1. The third kappa shape index (κ3) is 5.48. The summed E-state index contributed by atoms with van der Waals surface area (Å²) in [4.78, 5) is 25.9. The van der Waals surface area contributed by atoms with Gasteiger partial charge in [-0.15, -0.1) is 0 Å². The zero-order valence-electron chi connectivity index (χ0n) is 17.0. The fourth-order valence-corrected chi connectivity index (χ4v) is 3.48. The van der Waals surface area contributed by atoms with Crippen molar-refractivity contribution in [3.05, 3.63) is 89.7 Å². The Morgan fingerprint density at radius 1 is 0.903 bits per heavy atom. The number of rotatable bonds is 7. The summed E-state index contributed by atoms with van der Waals surface area (Å²) in [7, 11) is 0. The predicted octanol–water partition coefficient (Wildman–Crippen LogP) is 4.60. The number of hydrogen-bond acceptors (Lipinski definition) is 3. The molecular weight excluding hydrogens is 395 g/mol. The van der Waals surface area contributed by atoms with Crippen LogP contribution in [-0.2, 0) is 22.6 Å². The number of hydrogen-bond donors (Lipinski definition) is 1. The standard InChI is InChI=1S/C25H23FN2O3/c26-20-7-13-23(14-8-20)31-22-11-5-19(6-12-22)17-27-24(29)16-18-3-9-21(10-4-18)28-15-1-2-25(28)30/h3-14H,1-2,15-17H2,(H,27,29). The average Bonchev–Trinajstić information content (AvgIpc) is 3.21. The van der Waals surface area contributed by atoms with Crippen LogP contribution < -0.4 is 15.0 Å². The van der Waals surface area contributed by atoms with Crippen LogP contribution in [0.4, 0.5) is 10.1 Å². The van der Waals surface area contributed by atoms with Crippen molar-refractivity contribution in [1.29, 1.82) is 0 Å². The first kappa shape index (κ1) is 20.6. The molecule has 3 aromatic rings. The SMILES string of the molecule is O=C(Cc1ccc(N2CCCC2=O)cc1)NCc1ccc(Oc2ccc(F)cc2)cc1. The quantitative estimate of drug-likeness (QED) is 0.610. The van der Waals surface area contributed by atoms with Crippen LogP contribution in [0, 0.1) is 5.82 Å². The molecule has 1 aliphatic heterocycles. The summed E-state index contributed by atoms with van der Waals surface area (Å²) >= 11 is 0. The molecule has 1 heterocycles. The van der Waals surface area contributed by atoms with E-state index in [1.807, 2.05) is 48.5 Å². The highest BCUT2D eigenvalue weighted by atomic mass is 19.1. The molecule has 1 saturated heterocycles. The van der Waals surface area contributed by atoms with Gasteiger partial charge in [-0.2, -0.15) is 0 Å². The molecule has 1 fully saturated rings. The van der Waals surface area contributed by atoms with Crippen LogP contribution in [0.25, 0.3) is 0 Å². The van der Waals surface area contributed by atoms with Gasteiger partial charge in [0.2, 0.25) is 11.8 Å². The number of ether oxygens (including phenoxy) is 1. The molecule has 2 amide bonds. The number of amides is 2. The van der Waals surface area contributed by atoms with Crippen molar-refractivity contribution in [1.82, 2.24) is 5.32 Å². The highest BCUT2D eigenvalue weighted by Gasteiger charge is 2.21. The fourth-order valence-electron chi connectivity index (χ4n) is 3.48. The fraction of sp³-hybridized carbons (Fsp3) is 0.200. The minimum absolute atomic E-state index is 0.0726. The van der Waals surface area contributed by atoms with Crippen LogP contribution in [0.1, 0.15) is 24.0 Å². The summed E-state index contributed by atoms with van der Waals surface area (Å²) in [5.41, 5.74) is 2.73. The van der Waals surface area contributed by atoms with E-state index in [4.69, 9.17) is 4.74 Å². The Bertz CT molecular complexity index is 1050. The van der Waals surface area contributed by atoms with E-state index in [2.05, 4.69) is 5.32 Å². The van der Waals surface area contributed by atoms with Gasteiger partial charge in [0.05, 0.1) is 6.42 Å². The Hall–Kier alpha value is -3.67. The van der Waals surface area contributed by atoms with Crippen LogP contribution in [0.3, 0.4) is 0 Å². The van der Waals surface area contributed by atoms with Crippen LogP contribution >= 0.6 is 0 Å². The molecule has 158 valence electrons. The largest absolute Gasteiger partial charge is 0.457 e. The van der Waals surface area contributed by atoms with Gasteiger partial charge in [0.25, 0.3) is 0 Å². The number of nitrogens with one attached hydrogen (secondary N) is 1. The van der Waals surface area contributed by atoms with Crippen LogP contribution in [0.2, 0.25) is 0 Å². The van der Waals surface area contributed by atoms with E-state index in [-0.39, 0.29) is 24.1 Å². The lowest BCUT2D eigenvalue weighted by molar-refractivity contribution is -0.120. The molecule has 0 radical (unpaired) electrons. The van der Waals surface area contributed by atoms with Crippen molar-refractivity contribution < 1.29 is 18.7 Å². The number of carbonyl (C=O) groups excluding carboxylic acids is 2. The lowest BCUT2D eigenvalue weighted by Gasteiger charge is -2.15. The number of nitrogens with zero attached hydrogens (tertiary/aromatic N) is 1. The second kappa shape index (κ2) is 9.43. The number of anilines is 1. The summed E-state index contributed by atoms with van der Waals surface area (Å²) in [6.07, 6.45) is 1.77. The smallest absolute Gasteiger partial charge is 0.227 e. The average molecular weight is 418 g/mol. The second-order valence-corrected chi connectivity index (χ2v) is 7.47. The van der Waals surface area contributed by atoms with E-state index in [9.17, 15) is 14.0 Å². The van der Waals surface area contributed by atoms with Gasteiger partial charge in [-0.1, -0.05) is 24.3 Å². The molecule has 1 N–H and O–H groups in total. The maximum atomic E-state index is 13.0. The molecule has 0 aromatic heterocycles. The summed E-state index contributed by atoms with van der Waals surface area (Å²) < 4.78 is 18.6. The zero-order valence-corrected chi connectivity index (χ0v) is 17.0. The monoisotopic (exact) mass is 418 g/mol. The molecule has 5 nitrogen and oxygen atoms in total. The van der Waals surface area contributed by atoms with Gasteiger partial charge in [0.1, 0.15) is 17.3 Å². The van der Waals surface area contributed by atoms with E-state index in [0.717, 1.165) is 29.8 Å². The zero-order chi connectivity index (χ0) is 21.6. The normalized spacial score (nSPS) is 13.3. The van der Waals surface area contributed by atoms with Crippen molar-refractivity contribution in [3.8, 4) is 11.5 Å². The van der Waals surface area contributed by atoms with Gasteiger partial charge in [-0.05, 0) is 66.1 Å². The van der Waals surface area contributed by atoms with Gasteiger partial charge in [0.15, 0.2) is 0 Å². The van der Waals surface area contributed by atoms with E-state index in [1.54, 1.807) is 17.0 Å². The van der Waals surface area contributed by atoms with Crippen molar-refractivity contribution in [3.63, 3.8) is 0 Å². The molecule has 0 spiro atoms. The van der Waals surface area contributed by atoms with Gasteiger partial charge < -0.3 is 15.0 Å². The third-order valence-corrected chi connectivity index (χ3v) is 5.15. The molecule has 4 rings (SSSR count). The van der Waals surface area contributed by atoms with Gasteiger partial charge in [-0.25, -0.2) is 4.39 Å². The molecular formula is C25H23FN2O3. The molecule has 0 aliphatic carbocycles. The lowest BCUT2D eigenvalue weighted by atomic mass is 10.1. The maximum absolute atomic E-state index is 13.0. The van der Waals surface area contributed by atoms with Crippen molar-refractivity contribution in [2.24, 2.45) is 0 Å². The molecule has 0 saturated carbocycles. The summed E-state index contributed by atoms with van der Waals surface area (Å²) in [6.45, 7) is 1.17. The maximum Gasteiger partial charge on any atom is 0.227 e. The van der Waals surface area contributed by atoms with Crippen molar-refractivity contribution in [2.75, 3.05) is 11.4 Å². The molecule has 1 aliphatic rings.